The molecule has 0 amide bonds. The average molecular weight is 113 g/mol. The van der Waals surface area contributed by atoms with E-state index in [0.29, 0.717) is 0 Å². The van der Waals surface area contributed by atoms with Crippen LogP contribution in [0.5, 0.6) is 0 Å². The number of hydrogen-bond acceptors (Lipinski definition) is 0. The van der Waals surface area contributed by atoms with Gasteiger partial charge in [-0.2, -0.15) is 0 Å². The fourth-order valence-electron chi connectivity index (χ4n) is 0.553. The SMILES string of the molecule is CC[CH2][Al+][CH2]CC. The van der Waals surface area contributed by atoms with Gasteiger partial charge in [-0.15, -0.1) is 0 Å². The monoisotopic (exact) mass is 113 g/mol. The van der Waals surface area contributed by atoms with Gasteiger partial charge in [0.15, 0.2) is 0 Å². The minimum absolute atomic E-state index is 0.822. The molecule has 0 aliphatic heterocycles. The second kappa shape index (κ2) is 6.53. The van der Waals surface area contributed by atoms with E-state index in [1.54, 1.807) is 0 Å². The Morgan fingerprint density at radius 1 is 1.00 bits per heavy atom. The van der Waals surface area contributed by atoms with Crippen molar-refractivity contribution >= 4 is 15.2 Å². The zero-order valence-electron chi connectivity index (χ0n) is 5.41. The van der Waals surface area contributed by atoms with Crippen LogP contribution in [0.3, 0.4) is 0 Å². The first-order valence-corrected chi connectivity index (χ1v) is 4.86. The fraction of sp³-hybridized carbons (Fsp3) is 1.00. The van der Waals surface area contributed by atoms with Crippen molar-refractivity contribution in [1.82, 2.24) is 0 Å². The van der Waals surface area contributed by atoms with Gasteiger partial charge in [0.25, 0.3) is 0 Å². The molecule has 0 aromatic carbocycles. The molecular weight excluding hydrogens is 99.0 g/mol. The van der Waals surface area contributed by atoms with Crippen molar-refractivity contribution in [1.29, 1.82) is 0 Å². The van der Waals surface area contributed by atoms with Gasteiger partial charge in [-0.25, -0.2) is 0 Å². The van der Waals surface area contributed by atoms with Crippen LogP contribution < -0.4 is 0 Å². The van der Waals surface area contributed by atoms with Gasteiger partial charge in [0.1, 0.15) is 0 Å². The quantitative estimate of drug-likeness (QED) is 0.388. The molecule has 0 rings (SSSR count). The summed E-state index contributed by atoms with van der Waals surface area (Å²) in [5, 5.41) is 3.02. The van der Waals surface area contributed by atoms with E-state index in [-0.39, 0.29) is 0 Å². The van der Waals surface area contributed by atoms with Gasteiger partial charge in [0, 0.05) is 0 Å². The molecule has 0 spiro atoms. The van der Waals surface area contributed by atoms with E-state index in [0.717, 1.165) is 15.2 Å². The Kier molecular flexibility index (Phi) is 7.03. The van der Waals surface area contributed by atoms with Gasteiger partial charge in [-0.1, -0.05) is 0 Å². The third-order valence-electron chi connectivity index (χ3n) is 0.986. The summed E-state index contributed by atoms with van der Waals surface area (Å²) >= 11 is 0.822. The molecule has 40 valence electrons. The third kappa shape index (κ3) is 6.53. The van der Waals surface area contributed by atoms with Crippen LogP contribution in [0.1, 0.15) is 26.7 Å². The first kappa shape index (κ1) is 7.53. The van der Waals surface area contributed by atoms with Crippen LogP contribution in [0.15, 0.2) is 0 Å². The van der Waals surface area contributed by atoms with Crippen LogP contribution in [-0.4, -0.2) is 15.2 Å². The third-order valence-corrected chi connectivity index (χ3v) is 2.96. The zero-order valence-corrected chi connectivity index (χ0v) is 6.56. The Morgan fingerprint density at radius 3 is 1.71 bits per heavy atom. The Labute approximate surface area is 53.0 Å². The summed E-state index contributed by atoms with van der Waals surface area (Å²) in [4.78, 5) is 0. The molecule has 0 unspecified atom stereocenters. The van der Waals surface area contributed by atoms with Gasteiger partial charge >= 0.3 is 52.5 Å². The van der Waals surface area contributed by atoms with E-state index in [1.807, 2.05) is 0 Å². The van der Waals surface area contributed by atoms with Gasteiger partial charge in [-0.05, 0) is 0 Å². The predicted molar refractivity (Wildman–Crippen MR) is 35.9 cm³/mol. The summed E-state index contributed by atoms with van der Waals surface area (Å²) in [6.07, 6.45) is 2.80. The van der Waals surface area contributed by atoms with Crippen molar-refractivity contribution in [3.8, 4) is 0 Å². The number of rotatable bonds is 4. The molecule has 0 nitrogen and oxygen atoms in total. The molecule has 0 aliphatic carbocycles. The summed E-state index contributed by atoms with van der Waals surface area (Å²) in [5.74, 6) is 0. The molecule has 0 N–H and O–H groups in total. The van der Waals surface area contributed by atoms with E-state index >= 15 is 0 Å². The first-order valence-electron chi connectivity index (χ1n) is 3.23. The first-order chi connectivity index (χ1) is 3.41. The topological polar surface area (TPSA) is 0 Å². The zero-order chi connectivity index (χ0) is 5.54. The standard InChI is InChI=1S/2C3H7.Al/c2*1-3-2;/h2*1,3H2,2H3;/q;;+1. The molecule has 0 bridgehead atoms. The molecule has 0 aromatic heterocycles. The average Bonchev–Trinajstić information content (AvgIpc) is 1.69. The normalized spacial score (nSPS) is 8.29. The van der Waals surface area contributed by atoms with Crippen molar-refractivity contribution in [3.63, 3.8) is 0 Å². The van der Waals surface area contributed by atoms with Crippen LogP contribution in [0, 0.1) is 0 Å². The van der Waals surface area contributed by atoms with Crippen LogP contribution in [0.2, 0.25) is 10.6 Å². The summed E-state index contributed by atoms with van der Waals surface area (Å²) in [5.41, 5.74) is 0. The molecule has 0 aliphatic rings. The van der Waals surface area contributed by atoms with Gasteiger partial charge in [0.2, 0.25) is 0 Å². The summed E-state index contributed by atoms with van der Waals surface area (Å²) < 4.78 is 0. The van der Waals surface area contributed by atoms with E-state index in [9.17, 15) is 0 Å². The Hall–Kier alpha value is 0.532. The van der Waals surface area contributed by atoms with Crippen LogP contribution >= 0.6 is 0 Å². The number of hydrogen-bond donors (Lipinski definition) is 0. The molecule has 0 aromatic rings. The summed E-state index contributed by atoms with van der Waals surface area (Å²) in [6.45, 7) is 4.53. The molecule has 7 heavy (non-hydrogen) atoms. The molecule has 1 heteroatoms. The summed E-state index contributed by atoms with van der Waals surface area (Å²) in [6, 6.07) is 0. The molecule has 0 fully saturated rings. The van der Waals surface area contributed by atoms with E-state index < -0.39 is 0 Å². The molecular formula is C6H14Al+. The van der Waals surface area contributed by atoms with Gasteiger partial charge < -0.3 is 0 Å². The van der Waals surface area contributed by atoms with Crippen molar-refractivity contribution < 1.29 is 0 Å². The molecule has 0 heterocycles. The molecule has 0 saturated heterocycles. The maximum atomic E-state index is 2.27. The van der Waals surface area contributed by atoms with Crippen LogP contribution in [0.25, 0.3) is 0 Å². The van der Waals surface area contributed by atoms with Crippen LogP contribution in [-0.2, 0) is 0 Å². The maximum absolute atomic E-state index is 2.27. The van der Waals surface area contributed by atoms with E-state index in [4.69, 9.17) is 0 Å². The molecule has 0 saturated carbocycles. The minimum atomic E-state index is 0.822. The Morgan fingerprint density at radius 2 is 1.43 bits per heavy atom. The molecule has 0 radical (unpaired) electrons. The van der Waals surface area contributed by atoms with Gasteiger partial charge in [-0.3, -0.25) is 0 Å². The van der Waals surface area contributed by atoms with Crippen molar-refractivity contribution in [2.45, 2.75) is 37.3 Å². The Bertz CT molecular complexity index is 23.4. The second-order valence-corrected chi connectivity index (χ2v) is 3.60. The van der Waals surface area contributed by atoms with Crippen molar-refractivity contribution in [2.24, 2.45) is 0 Å². The van der Waals surface area contributed by atoms with Crippen LogP contribution in [0.4, 0.5) is 0 Å². The van der Waals surface area contributed by atoms with Crippen molar-refractivity contribution in [3.05, 3.63) is 0 Å². The predicted octanol–water partition coefficient (Wildman–Crippen LogP) is 2.35. The summed E-state index contributed by atoms with van der Waals surface area (Å²) in [7, 11) is 0. The fourth-order valence-corrected chi connectivity index (χ4v) is 1.66. The Balaban J connectivity index is 2.45. The van der Waals surface area contributed by atoms with E-state index in [1.165, 1.54) is 23.4 Å². The molecule has 0 atom stereocenters. The van der Waals surface area contributed by atoms with Gasteiger partial charge in [0.05, 0.1) is 0 Å². The second-order valence-electron chi connectivity index (χ2n) is 1.87. The van der Waals surface area contributed by atoms with Crippen molar-refractivity contribution in [2.75, 3.05) is 0 Å². The van der Waals surface area contributed by atoms with E-state index in [2.05, 4.69) is 13.8 Å².